The molecular formula is C14H12Cl2N2O. The highest BCUT2D eigenvalue weighted by atomic mass is 35.5. The molecule has 0 unspecified atom stereocenters. The van der Waals surface area contributed by atoms with E-state index >= 15 is 0 Å². The van der Waals surface area contributed by atoms with Crippen molar-refractivity contribution in [2.75, 3.05) is 0 Å². The summed E-state index contributed by atoms with van der Waals surface area (Å²) in [6.45, 7) is 3.68. The summed E-state index contributed by atoms with van der Waals surface area (Å²) in [5, 5.41) is 5.07. The number of aryl methyl sites for hydroxylation is 2. The van der Waals surface area contributed by atoms with E-state index in [1.807, 2.05) is 19.9 Å². The van der Waals surface area contributed by atoms with E-state index in [1.54, 1.807) is 24.3 Å². The van der Waals surface area contributed by atoms with Gasteiger partial charge in [0.2, 0.25) is 0 Å². The minimum Gasteiger partial charge on any atom is -0.267 e. The number of carbonyl (C=O) groups is 1. The first-order chi connectivity index (χ1) is 8.97. The third-order valence-corrected chi connectivity index (χ3v) is 3.32. The van der Waals surface area contributed by atoms with Crippen LogP contribution in [0.5, 0.6) is 0 Å². The summed E-state index contributed by atoms with van der Waals surface area (Å²) in [5.41, 5.74) is 2.43. The van der Waals surface area contributed by atoms with Crippen molar-refractivity contribution in [1.29, 1.82) is 0 Å². The molecule has 0 N–H and O–H groups in total. The summed E-state index contributed by atoms with van der Waals surface area (Å²) in [4.78, 5) is 12.0. The first-order valence-electron chi connectivity index (χ1n) is 5.68. The van der Waals surface area contributed by atoms with Gasteiger partial charge < -0.3 is 0 Å². The van der Waals surface area contributed by atoms with Crippen molar-refractivity contribution in [3.8, 4) is 0 Å². The lowest BCUT2D eigenvalue weighted by atomic mass is 10.2. The van der Waals surface area contributed by atoms with Crippen LogP contribution in [0.25, 0.3) is 6.08 Å². The van der Waals surface area contributed by atoms with E-state index in [9.17, 15) is 4.79 Å². The molecule has 5 heteroatoms. The Morgan fingerprint density at radius 2 is 1.95 bits per heavy atom. The lowest BCUT2D eigenvalue weighted by molar-refractivity contribution is 0.0952. The van der Waals surface area contributed by atoms with Gasteiger partial charge in [0.25, 0.3) is 5.91 Å². The Labute approximate surface area is 121 Å². The number of benzene rings is 1. The molecule has 0 aliphatic heterocycles. The normalized spacial score (nSPS) is 11.2. The van der Waals surface area contributed by atoms with Crippen LogP contribution in [0.15, 0.2) is 30.3 Å². The maximum atomic E-state index is 12.0. The number of aromatic nitrogens is 2. The Hall–Kier alpha value is -1.58. The van der Waals surface area contributed by atoms with Gasteiger partial charge in [-0.2, -0.15) is 5.10 Å². The average Bonchev–Trinajstić information content (AvgIpc) is 2.70. The summed E-state index contributed by atoms with van der Waals surface area (Å²) >= 11 is 11.7. The van der Waals surface area contributed by atoms with Crippen LogP contribution in [0.1, 0.15) is 21.7 Å². The zero-order chi connectivity index (χ0) is 14.0. The molecule has 0 atom stereocenters. The Kier molecular flexibility index (Phi) is 4.08. The fourth-order valence-corrected chi connectivity index (χ4v) is 2.01. The topological polar surface area (TPSA) is 34.9 Å². The summed E-state index contributed by atoms with van der Waals surface area (Å²) in [5.74, 6) is -0.198. The molecule has 19 heavy (non-hydrogen) atoms. The van der Waals surface area contributed by atoms with E-state index in [4.69, 9.17) is 23.2 Å². The van der Waals surface area contributed by atoms with Crippen LogP contribution in [-0.4, -0.2) is 15.7 Å². The second-order valence-electron chi connectivity index (χ2n) is 4.18. The van der Waals surface area contributed by atoms with Crippen molar-refractivity contribution in [2.24, 2.45) is 0 Å². The predicted octanol–water partition coefficient (Wildman–Crippen LogP) is 4.16. The third-order valence-electron chi connectivity index (χ3n) is 2.58. The van der Waals surface area contributed by atoms with E-state index in [0.717, 1.165) is 17.0 Å². The number of rotatable bonds is 2. The summed E-state index contributed by atoms with van der Waals surface area (Å²) in [7, 11) is 0. The Morgan fingerprint density at radius 1 is 1.21 bits per heavy atom. The van der Waals surface area contributed by atoms with Gasteiger partial charge in [0.1, 0.15) is 0 Å². The number of carbonyl (C=O) groups excluding carboxylic acids is 1. The minimum absolute atomic E-state index is 0.198. The molecular weight excluding hydrogens is 283 g/mol. The molecule has 0 saturated carbocycles. The highest BCUT2D eigenvalue weighted by Crippen LogP contribution is 2.23. The number of halogens is 2. The molecule has 0 amide bonds. The molecule has 1 aromatic carbocycles. The summed E-state index contributed by atoms with van der Waals surface area (Å²) in [6.07, 6.45) is 3.14. The minimum atomic E-state index is -0.198. The van der Waals surface area contributed by atoms with Crippen LogP contribution >= 0.6 is 23.2 Å². The molecule has 0 fully saturated rings. The summed E-state index contributed by atoms with van der Waals surface area (Å²) < 4.78 is 1.36. The quantitative estimate of drug-likeness (QED) is 0.780. The molecule has 2 rings (SSSR count). The first kappa shape index (κ1) is 13.8. The second-order valence-corrected chi connectivity index (χ2v) is 5.00. The van der Waals surface area contributed by atoms with Gasteiger partial charge in [-0.05, 0) is 43.7 Å². The predicted molar refractivity (Wildman–Crippen MR) is 77.8 cm³/mol. The largest absolute Gasteiger partial charge is 0.271 e. The average molecular weight is 295 g/mol. The molecule has 2 aromatic rings. The van der Waals surface area contributed by atoms with Gasteiger partial charge in [-0.1, -0.05) is 29.3 Å². The molecule has 0 bridgehead atoms. The van der Waals surface area contributed by atoms with Crippen LogP contribution in [0.4, 0.5) is 0 Å². The lowest BCUT2D eigenvalue weighted by Gasteiger charge is -1.99. The van der Waals surface area contributed by atoms with Crippen LogP contribution < -0.4 is 0 Å². The molecule has 0 saturated heterocycles. The Morgan fingerprint density at radius 3 is 2.53 bits per heavy atom. The van der Waals surface area contributed by atoms with Gasteiger partial charge in [0, 0.05) is 11.8 Å². The zero-order valence-corrected chi connectivity index (χ0v) is 12.0. The highest BCUT2D eigenvalue weighted by molar-refractivity contribution is 6.42. The highest BCUT2D eigenvalue weighted by Gasteiger charge is 2.06. The molecule has 1 aromatic heterocycles. The number of allylic oxidation sites excluding steroid dienone is 1. The molecule has 0 aliphatic rings. The fraction of sp³-hybridized carbons (Fsp3) is 0.143. The third kappa shape index (κ3) is 3.25. The Bertz CT molecular complexity index is 659. The van der Waals surface area contributed by atoms with Crippen LogP contribution in [-0.2, 0) is 0 Å². The van der Waals surface area contributed by atoms with Crippen LogP contribution in [0.2, 0.25) is 10.0 Å². The smallest absolute Gasteiger partial charge is 0.267 e. The number of hydrogen-bond acceptors (Lipinski definition) is 2. The lowest BCUT2D eigenvalue weighted by Crippen LogP contribution is -2.10. The van der Waals surface area contributed by atoms with Crippen molar-refractivity contribution < 1.29 is 4.79 Å². The van der Waals surface area contributed by atoms with Crippen molar-refractivity contribution >= 4 is 35.2 Å². The van der Waals surface area contributed by atoms with Gasteiger partial charge in [-0.3, -0.25) is 4.79 Å². The zero-order valence-electron chi connectivity index (χ0n) is 10.5. The maximum absolute atomic E-state index is 12.0. The molecule has 0 radical (unpaired) electrons. The van der Waals surface area contributed by atoms with E-state index in [0.29, 0.717) is 10.0 Å². The van der Waals surface area contributed by atoms with E-state index in [1.165, 1.54) is 10.8 Å². The van der Waals surface area contributed by atoms with Gasteiger partial charge in [-0.15, -0.1) is 0 Å². The first-order valence-corrected chi connectivity index (χ1v) is 6.43. The van der Waals surface area contributed by atoms with Gasteiger partial charge in [0.15, 0.2) is 0 Å². The number of hydrogen-bond donors (Lipinski definition) is 0. The van der Waals surface area contributed by atoms with Crippen LogP contribution in [0.3, 0.4) is 0 Å². The summed E-state index contributed by atoms with van der Waals surface area (Å²) in [6, 6.07) is 7.04. The van der Waals surface area contributed by atoms with Crippen molar-refractivity contribution in [2.45, 2.75) is 13.8 Å². The van der Waals surface area contributed by atoms with E-state index in [-0.39, 0.29) is 5.91 Å². The molecule has 1 heterocycles. The van der Waals surface area contributed by atoms with Gasteiger partial charge in [-0.25, -0.2) is 4.68 Å². The standard InChI is InChI=1S/C14H12Cl2N2O/c1-9-7-10(2)18(17-9)14(19)6-4-11-3-5-12(15)13(16)8-11/h3-8H,1-2H3. The van der Waals surface area contributed by atoms with Crippen molar-refractivity contribution in [1.82, 2.24) is 9.78 Å². The van der Waals surface area contributed by atoms with Crippen molar-refractivity contribution in [3.63, 3.8) is 0 Å². The molecule has 0 spiro atoms. The van der Waals surface area contributed by atoms with E-state index in [2.05, 4.69) is 5.10 Å². The Balaban J connectivity index is 2.20. The second kappa shape index (κ2) is 5.59. The van der Waals surface area contributed by atoms with Gasteiger partial charge >= 0.3 is 0 Å². The fourth-order valence-electron chi connectivity index (χ4n) is 1.71. The van der Waals surface area contributed by atoms with Crippen LogP contribution in [0, 0.1) is 13.8 Å². The molecule has 3 nitrogen and oxygen atoms in total. The van der Waals surface area contributed by atoms with E-state index < -0.39 is 0 Å². The monoisotopic (exact) mass is 294 g/mol. The maximum Gasteiger partial charge on any atom is 0.271 e. The van der Waals surface area contributed by atoms with Crippen molar-refractivity contribution in [3.05, 3.63) is 57.3 Å². The van der Waals surface area contributed by atoms with Gasteiger partial charge in [0.05, 0.1) is 15.7 Å². The molecule has 98 valence electrons. The SMILES string of the molecule is Cc1cc(C)n(C(=O)C=Cc2ccc(Cl)c(Cl)c2)n1. The molecule has 0 aliphatic carbocycles. The number of nitrogens with zero attached hydrogens (tertiary/aromatic N) is 2.